The van der Waals surface area contributed by atoms with Crippen molar-refractivity contribution >= 4 is 29.2 Å². The summed E-state index contributed by atoms with van der Waals surface area (Å²) in [5.41, 5.74) is 3.78. The number of carbonyl (C=O) groups is 2. The number of nitrogens with zero attached hydrogens (tertiary/aromatic N) is 1. The SMILES string of the molecule is CCOc1ccc([C@H]2C(C(=O)O)[C@@H](c3cc(F)c4c(c3)OCO4)CN2CC(=O)Nc2c(CC)cc(Cl)cc2CC)cc1. The third-order valence-corrected chi connectivity index (χ3v) is 8.15. The first kappa shape index (κ1) is 29.7. The lowest BCUT2D eigenvalue weighted by atomic mass is 9.82. The number of ether oxygens (including phenoxy) is 3. The quantitative estimate of drug-likeness (QED) is 0.287. The lowest BCUT2D eigenvalue weighted by Crippen LogP contribution is -2.35. The number of hydrogen-bond donors (Lipinski definition) is 2. The molecule has 2 N–H and O–H groups in total. The predicted octanol–water partition coefficient (Wildman–Crippen LogP) is 6.21. The van der Waals surface area contributed by atoms with Gasteiger partial charge in [0.05, 0.1) is 19.1 Å². The Hall–Kier alpha value is -3.82. The first-order valence-electron chi connectivity index (χ1n) is 14.1. The number of benzene rings is 3. The Balaban J connectivity index is 1.50. The number of carboxylic acid groups (broad SMARTS) is 1. The van der Waals surface area contributed by atoms with Crippen molar-refractivity contribution in [2.75, 3.05) is 31.8 Å². The van der Waals surface area contributed by atoms with Crippen LogP contribution in [0.5, 0.6) is 17.2 Å². The fourth-order valence-electron chi connectivity index (χ4n) is 6.06. The molecule has 0 aromatic heterocycles. The molecule has 5 rings (SSSR count). The third kappa shape index (κ3) is 5.89. The average molecular weight is 597 g/mol. The van der Waals surface area contributed by atoms with Crippen LogP contribution in [0.1, 0.15) is 55.0 Å². The second kappa shape index (κ2) is 12.6. The van der Waals surface area contributed by atoms with Crippen LogP contribution in [0.2, 0.25) is 5.02 Å². The minimum Gasteiger partial charge on any atom is -0.494 e. The van der Waals surface area contributed by atoms with Crippen molar-refractivity contribution in [2.24, 2.45) is 5.92 Å². The van der Waals surface area contributed by atoms with Crippen LogP contribution in [0.4, 0.5) is 10.1 Å². The Morgan fingerprint density at radius 2 is 1.74 bits per heavy atom. The molecular weight excluding hydrogens is 563 g/mol. The molecule has 222 valence electrons. The summed E-state index contributed by atoms with van der Waals surface area (Å²) in [5, 5.41) is 14.2. The highest BCUT2D eigenvalue weighted by atomic mass is 35.5. The summed E-state index contributed by atoms with van der Waals surface area (Å²) in [6, 6.07) is 13.2. The highest BCUT2D eigenvalue weighted by molar-refractivity contribution is 6.30. The number of carboxylic acids is 1. The maximum atomic E-state index is 14.9. The number of rotatable bonds is 10. The number of halogens is 2. The van der Waals surface area contributed by atoms with Gasteiger partial charge in [-0.2, -0.15) is 0 Å². The van der Waals surface area contributed by atoms with Crippen molar-refractivity contribution in [1.29, 1.82) is 0 Å². The molecule has 1 unspecified atom stereocenters. The third-order valence-electron chi connectivity index (χ3n) is 7.93. The number of likely N-dealkylation sites (tertiary alicyclic amines) is 1. The smallest absolute Gasteiger partial charge is 0.309 e. The average Bonchev–Trinajstić information content (AvgIpc) is 3.59. The molecule has 3 aromatic carbocycles. The summed E-state index contributed by atoms with van der Waals surface area (Å²) in [6.07, 6.45) is 1.36. The van der Waals surface area contributed by atoms with Crippen LogP contribution in [-0.4, -0.2) is 48.4 Å². The van der Waals surface area contributed by atoms with Crippen molar-refractivity contribution < 1.29 is 33.3 Å². The van der Waals surface area contributed by atoms with E-state index in [1.807, 2.05) is 49.9 Å². The van der Waals surface area contributed by atoms with Crippen molar-refractivity contribution in [3.05, 3.63) is 81.6 Å². The van der Waals surface area contributed by atoms with Gasteiger partial charge in [-0.15, -0.1) is 0 Å². The molecule has 2 aliphatic heterocycles. The molecule has 2 heterocycles. The zero-order valence-corrected chi connectivity index (χ0v) is 24.5. The predicted molar refractivity (Wildman–Crippen MR) is 157 cm³/mol. The van der Waals surface area contributed by atoms with E-state index in [1.165, 1.54) is 6.07 Å². The van der Waals surface area contributed by atoms with Crippen LogP contribution in [0, 0.1) is 11.7 Å². The minimum atomic E-state index is -1.04. The van der Waals surface area contributed by atoms with E-state index in [0.717, 1.165) is 22.4 Å². The first-order valence-corrected chi connectivity index (χ1v) is 14.5. The Labute approximate surface area is 249 Å². The molecule has 0 spiro atoms. The molecule has 0 aliphatic carbocycles. The molecule has 3 aromatic rings. The molecule has 1 amide bonds. The van der Waals surface area contributed by atoms with Crippen molar-refractivity contribution in [2.45, 2.75) is 45.6 Å². The molecule has 1 fully saturated rings. The Bertz CT molecular complexity index is 1460. The minimum absolute atomic E-state index is 0.0179. The molecular formula is C32H34ClFN2O6. The van der Waals surface area contributed by atoms with Gasteiger partial charge in [-0.05, 0) is 78.4 Å². The van der Waals surface area contributed by atoms with Crippen LogP contribution in [0.3, 0.4) is 0 Å². The van der Waals surface area contributed by atoms with E-state index < -0.39 is 29.7 Å². The maximum Gasteiger partial charge on any atom is 0.309 e. The van der Waals surface area contributed by atoms with E-state index >= 15 is 0 Å². The molecule has 0 bridgehead atoms. The number of aliphatic carboxylic acids is 1. The lowest BCUT2D eigenvalue weighted by Gasteiger charge is -2.27. The Kier molecular flexibility index (Phi) is 8.89. The van der Waals surface area contributed by atoms with Crippen LogP contribution in [0.25, 0.3) is 0 Å². The van der Waals surface area contributed by atoms with Gasteiger partial charge in [-0.3, -0.25) is 14.5 Å². The molecule has 1 saturated heterocycles. The van der Waals surface area contributed by atoms with E-state index in [0.29, 0.717) is 35.8 Å². The number of amides is 1. The molecule has 0 radical (unpaired) electrons. The van der Waals surface area contributed by atoms with Crippen molar-refractivity contribution in [3.63, 3.8) is 0 Å². The molecule has 3 atom stereocenters. The molecule has 10 heteroatoms. The Morgan fingerprint density at radius 1 is 1.05 bits per heavy atom. The number of fused-ring (bicyclic) bond motifs is 1. The largest absolute Gasteiger partial charge is 0.494 e. The fourth-order valence-corrected chi connectivity index (χ4v) is 6.33. The van der Waals surface area contributed by atoms with Crippen LogP contribution in [-0.2, 0) is 22.4 Å². The highest BCUT2D eigenvalue weighted by Crippen LogP contribution is 2.48. The Morgan fingerprint density at radius 3 is 2.36 bits per heavy atom. The fraction of sp³-hybridized carbons (Fsp3) is 0.375. The number of nitrogens with one attached hydrogen (secondary N) is 1. The second-order valence-corrected chi connectivity index (χ2v) is 10.9. The zero-order valence-electron chi connectivity index (χ0n) is 23.8. The monoisotopic (exact) mass is 596 g/mol. The molecule has 8 nitrogen and oxygen atoms in total. The van der Waals surface area contributed by atoms with Crippen LogP contribution >= 0.6 is 11.6 Å². The number of aryl methyl sites for hydroxylation is 2. The van der Waals surface area contributed by atoms with Crippen LogP contribution in [0.15, 0.2) is 48.5 Å². The van der Waals surface area contributed by atoms with E-state index in [2.05, 4.69) is 5.32 Å². The maximum absolute atomic E-state index is 14.9. The number of anilines is 1. The highest BCUT2D eigenvalue weighted by Gasteiger charge is 2.48. The van der Waals surface area contributed by atoms with Gasteiger partial charge in [0, 0.05) is 29.2 Å². The van der Waals surface area contributed by atoms with E-state index in [-0.39, 0.29) is 37.3 Å². The number of carbonyl (C=O) groups excluding carboxylic acids is 1. The van der Waals surface area contributed by atoms with Crippen LogP contribution < -0.4 is 19.5 Å². The summed E-state index contributed by atoms with van der Waals surface area (Å²) in [6.45, 7) is 6.41. The van der Waals surface area contributed by atoms with E-state index in [1.54, 1.807) is 18.2 Å². The lowest BCUT2D eigenvalue weighted by molar-refractivity contribution is -0.143. The van der Waals surface area contributed by atoms with Gasteiger partial charge < -0.3 is 24.6 Å². The number of hydrogen-bond acceptors (Lipinski definition) is 6. The van der Waals surface area contributed by atoms with Gasteiger partial charge in [0.15, 0.2) is 11.6 Å². The summed E-state index contributed by atoms with van der Waals surface area (Å²) >= 11 is 6.31. The van der Waals surface area contributed by atoms with Crippen molar-refractivity contribution in [1.82, 2.24) is 4.90 Å². The molecule has 42 heavy (non-hydrogen) atoms. The van der Waals surface area contributed by atoms with E-state index in [4.69, 9.17) is 25.8 Å². The van der Waals surface area contributed by atoms with Gasteiger partial charge in [-0.25, -0.2) is 4.39 Å². The summed E-state index contributed by atoms with van der Waals surface area (Å²) < 4.78 is 31.2. The van der Waals surface area contributed by atoms with Gasteiger partial charge in [-0.1, -0.05) is 37.6 Å². The topological polar surface area (TPSA) is 97.3 Å². The van der Waals surface area contributed by atoms with Gasteiger partial charge in [0.2, 0.25) is 18.4 Å². The molecule has 2 aliphatic rings. The second-order valence-electron chi connectivity index (χ2n) is 10.4. The molecule has 0 saturated carbocycles. The standard InChI is InChI=1S/C32H34ClFN2O6/c1-4-18-11-22(33)12-19(5-2)29(18)35-27(37)16-36-15-24(21-13-25(34)31-26(14-21)41-17-42-31)28(32(38)39)30(36)20-7-9-23(10-8-20)40-6-3/h7-14,24,28,30H,4-6,15-17H2,1-3H3,(H,35,37)(H,38,39)/t24-,28?,30+/m1/s1. The van der Waals surface area contributed by atoms with Gasteiger partial charge >= 0.3 is 5.97 Å². The van der Waals surface area contributed by atoms with E-state index in [9.17, 15) is 19.1 Å². The van der Waals surface area contributed by atoms with Crippen molar-refractivity contribution in [3.8, 4) is 17.2 Å². The normalized spacial score (nSPS) is 19.6. The summed E-state index contributed by atoms with van der Waals surface area (Å²) in [7, 11) is 0. The zero-order chi connectivity index (χ0) is 30.0. The van der Waals surface area contributed by atoms with Gasteiger partial charge in [0.1, 0.15) is 5.75 Å². The summed E-state index contributed by atoms with van der Waals surface area (Å²) in [5.74, 6) is -2.61. The van der Waals surface area contributed by atoms with Gasteiger partial charge in [0.25, 0.3) is 0 Å². The summed E-state index contributed by atoms with van der Waals surface area (Å²) in [4.78, 5) is 28.3. The first-order chi connectivity index (χ1) is 20.2.